The number of alkyl halides is 1. The Morgan fingerprint density at radius 2 is 1.70 bits per heavy atom. The summed E-state index contributed by atoms with van der Waals surface area (Å²) < 4.78 is 1.19. The van der Waals surface area contributed by atoms with Crippen molar-refractivity contribution in [2.24, 2.45) is 5.92 Å². The van der Waals surface area contributed by atoms with E-state index in [4.69, 9.17) is 0 Å². The van der Waals surface area contributed by atoms with Crippen LogP contribution in [0.15, 0.2) is 40.9 Å². The predicted octanol–water partition coefficient (Wildman–Crippen LogP) is 7.01. The van der Waals surface area contributed by atoms with Crippen molar-refractivity contribution < 1.29 is 0 Å². The largest absolute Gasteiger partial charge is 0.0839 e. The number of hydrogen-bond donors (Lipinski definition) is 0. The molecular formula is C18H20Br2. The zero-order chi connectivity index (χ0) is 13.9. The van der Waals surface area contributed by atoms with Crippen LogP contribution in [0.1, 0.15) is 48.9 Å². The second-order valence-electron chi connectivity index (χ2n) is 5.88. The van der Waals surface area contributed by atoms with Crippen LogP contribution in [0.25, 0.3) is 10.8 Å². The average Bonchev–Trinajstić information content (AvgIpc) is 2.99. The number of benzene rings is 2. The van der Waals surface area contributed by atoms with Gasteiger partial charge in [0.05, 0.1) is 0 Å². The Labute approximate surface area is 138 Å². The van der Waals surface area contributed by atoms with Gasteiger partial charge >= 0.3 is 0 Å². The molecule has 0 aliphatic heterocycles. The molecule has 0 heterocycles. The van der Waals surface area contributed by atoms with Crippen LogP contribution in [-0.2, 0) is 0 Å². The van der Waals surface area contributed by atoms with Crippen molar-refractivity contribution in [1.82, 2.24) is 0 Å². The molecule has 0 saturated heterocycles. The second-order valence-corrected chi connectivity index (χ2v) is 7.84. The van der Waals surface area contributed by atoms with E-state index in [-0.39, 0.29) is 0 Å². The fourth-order valence-electron chi connectivity index (χ4n) is 3.40. The fourth-order valence-corrected chi connectivity index (χ4v) is 4.54. The van der Waals surface area contributed by atoms with E-state index in [0.29, 0.717) is 4.83 Å². The smallest absolute Gasteiger partial charge is 0.0401 e. The molecule has 1 unspecified atom stereocenters. The van der Waals surface area contributed by atoms with E-state index in [0.717, 1.165) is 5.92 Å². The normalized spacial score (nSPS) is 17.7. The van der Waals surface area contributed by atoms with Gasteiger partial charge in [0.25, 0.3) is 0 Å². The Hall–Kier alpha value is -0.340. The highest BCUT2D eigenvalue weighted by Crippen LogP contribution is 2.38. The topological polar surface area (TPSA) is 0 Å². The second kappa shape index (κ2) is 6.62. The fraction of sp³-hybridized carbons (Fsp3) is 0.444. The van der Waals surface area contributed by atoms with Gasteiger partial charge in [0, 0.05) is 9.30 Å². The van der Waals surface area contributed by atoms with Crippen molar-refractivity contribution in [3.8, 4) is 0 Å². The molecule has 106 valence electrons. The first-order chi connectivity index (χ1) is 9.75. The minimum Gasteiger partial charge on any atom is -0.0839 e. The van der Waals surface area contributed by atoms with Gasteiger partial charge in [-0.05, 0) is 41.2 Å². The van der Waals surface area contributed by atoms with E-state index in [1.165, 1.54) is 59.3 Å². The van der Waals surface area contributed by atoms with Crippen LogP contribution < -0.4 is 0 Å². The molecule has 0 N–H and O–H groups in total. The Kier molecular flexibility index (Phi) is 4.83. The molecule has 1 aliphatic rings. The Morgan fingerprint density at radius 1 is 1.00 bits per heavy atom. The highest BCUT2D eigenvalue weighted by atomic mass is 79.9. The van der Waals surface area contributed by atoms with Gasteiger partial charge in [-0.1, -0.05) is 87.9 Å². The third-order valence-corrected chi connectivity index (χ3v) is 6.19. The summed E-state index contributed by atoms with van der Waals surface area (Å²) in [5, 5.41) is 2.69. The molecule has 0 spiro atoms. The average molecular weight is 396 g/mol. The summed E-state index contributed by atoms with van der Waals surface area (Å²) in [5.74, 6) is 0.969. The molecule has 1 atom stereocenters. The van der Waals surface area contributed by atoms with Crippen LogP contribution in [0.3, 0.4) is 0 Å². The first-order valence-corrected chi connectivity index (χ1v) is 9.28. The minimum atomic E-state index is 0.473. The number of hydrogen-bond acceptors (Lipinski definition) is 0. The van der Waals surface area contributed by atoms with Crippen molar-refractivity contribution >= 4 is 42.6 Å². The lowest BCUT2D eigenvalue weighted by molar-refractivity contribution is 0.483. The highest BCUT2D eigenvalue weighted by molar-refractivity contribution is 9.10. The first kappa shape index (κ1) is 14.6. The monoisotopic (exact) mass is 394 g/mol. The molecule has 2 heteroatoms. The Balaban J connectivity index is 1.80. The maximum atomic E-state index is 3.92. The van der Waals surface area contributed by atoms with Crippen molar-refractivity contribution in [1.29, 1.82) is 0 Å². The van der Waals surface area contributed by atoms with Crippen LogP contribution in [0.2, 0.25) is 0 Å². The van der Waals surface area contributed by atoms with E-state index < -0.39 is 0 Å². The zero-order valence-electron chi connectivity index (χ0n) is 11.6. The first-order valence-electron chi connectivity index (χ1n) is 7.57. The molecule has 0 bridgehead atoms. The van der Waals surface area contributed by atoms with Crippen LogP contribution >= 0.6 is 31.9 Å². The molecule has 0 amide bonds. The summed E-state index contributed by atoms with van der Waals surface area (Å²) >= 11 is 7.58. The summed E-state index contributed by atoms with van der Waals surface area (Å²) in [5.41, 5.74) is 1.43. The predicted molar refractivity (Wildman–Crippen MR) is 94.5 cm³/mol. The van der Waals surface area contributed by atoms with E-state index in [9.17, 15) is 0 Å². The molecule has 1 fully saturated rings. The molecular weight excluding hydrogens is 376 g/mol. The third kappa shape index (κ3) is 3.12. The molecule has 2 aromatic carbocycles. The molecule has 0 radical (unpaired) electrons. The minimum absolute atomic E-state index is 0.473. The van der Waals surface area contributed by atoms with Crippen LogP contribution in [0.5, 0.6) is 0 Å². The molecule has 0 aromatic heterocycles. The maximum absolute atomic E-state index is 3.92. The molecule has 0 nitrogen and oxygen atoms in total. The molecule has 20 heavy (non-hydrogen) atoms. The standard InChI is InChI=1S/C18H20Br2/c19-17(11-9-13-5-1-2-6-13)16-10-12-18(20)15-8-4-3-7-14(15)16/h3-4,7-8,10,12-13,17H,1-2,5-6,9,11H2. The Morgan fingerprint density at radius 3 is 2.45 bits per heavy atom. The molecule has 3 rings (SSSR count). The quantitative estimate of drug-likeness (QED) is 0.488. The van der Waals surface area contributed by atoms with Gasteiger partial charge in [-0.15, -0.1) is 0 Å². The number of halogens is 2. The van der Waals surface area contributed by atoms with Crippen molar-refractivity contribution in [3.05, 3.63) is 46.4 Å². The summed E-state index contributed by atoms with van der Waals surface area (Å²) in [7, 11) is 0. The van der Waals surface area contributed by atoms with Gasteiger partial charge in [0.1, 0.15) is 0 Å². The summed E-state index contributed by atoms with van der Waals surface area (Å²) in [6.07, 6.45) is 8.38. The molecule has 1 aliphatic carbocycles. The number of rotatable bonds is 4. The van der Waals surface area contributed by atoms with Crippen LogP contribution in [0, 0.1) is 5.92 Å². The van der Waals surface area contributed by atoms with E-state index in [2.05, 4.69) is 68.3 Å². The maximum Gasteiger partial charge on any atom is 0.0401 e. The van der Waals surface area contributed by atoms with Gasteiger partial charge in [0.2, 0.25) is 0 Å². The van der Waals surface area contributed by atoms with Gasteiger partial charge in [-0.25, -0.2) is 0 Å². The number of fused-ring (bicyclic) bond motifs is 1. The lowest BCUT2D eigenvalue weighted by atomic mass is 9.95. The van der Waals surface area contributed by atoms with Crippen molar-refractivity contribution in [2.45, 2.75) is 43.4 Å². The van der Waals surface area contributed by atoms with Gasteiger partial charge in [0.15, 0.2) is 0 Å². The molecule has 1 saturated carbocycles. The van der Waals surface area contributed by atoms with Gasteiger partial charge < -0.3 is 0 Å². The van der Waals surface area contributed by atoms with E-state index in [1.807, 2.05) is 0 Å². The van der Waals surface area contributed by atoms with Crippen LogP contribution in [-0.4, -0.2) is 0 Å². The summed E-state index contributed by atoms with van der Waals surface area (Å²) in [6, 6.07) is 13.1. The van der Waals surface area contributed by atoms with Crippen LogP contribution in [0.4, 0.5) is 0 Å². The van der Waals surface area contributed by atoms with Gasteiger partial charge in [-0.2, -0.15) is 0 Å². The summed E-state index contributed by atoms with van der Waals surface area (Å²) in [4.78, 5) is 0.473. The third-order valence-electron chi connectivity index (χ3n) is 4.55. The van der Waals surface area contributed by atoms with Gasteiger partial charge in [-0.3, -0.25) is 0 Å². The zero-order valence-corrected chi connectivity index (χ0v) is 14.8. The summed E-state index contributed by atoms with van der Waals surface area (Å²) in [6.45, 7) is 0. The van der Waals surface area contributed by atoms with Crippen molar-refractivity contribution in [3.63, 3.8) is 0 Å². The lowest BCUT2D eigenvalue weighted by Gasteiger charge is -2.16. The SMILES string of the molecule is Brc1ccc(C(Br)CCC2CCCC2)c2ccccc12. The molecule has 2 aromatic rings. The highest BCUT2D eigenvalue weighted by Gasteiger charge is 2.18. The van der Waals surface area contributed by atoms with E-state index >= 15 is 0 Å². The van der Waals surface area contributed by atoms with E-state index in [1.54, 1.807) is 0 Å². The lowest BCUT2D eigenvalue weighted by Crippen LogP contribution is -1.98. The Bertz CT molecular complexity index is 585. The van der Waals surface area contributed by atoms with Crippen molar-refractivity contribution in [2.75, 3.05) is 0 Å².